The summed E-state index contributed by atoms with van der Waals surface area (Å²) in [4.78, 5) is 14.3. The zero-order chi connectivity index (χ0) is 19.8. The molecule has 2 aromatic rings. The molecule has 1 heterocycles. The molecule has 0 atom stereocenters. The number of hydrogen-bond acceptors (Lipinski definition) is 5. The van der Waals surface area contributed by atoms with E-state index >= 15 is 0 Å². The minimum atomic E-state index is -0.304. The second-order valence-corrected chi connectivity index (χ2v) is 7.10. The number of ether oxygens (including phenoxy) is 2. The average molecular weight is 400 g/mol. The van der Waals surface area contributed by atoms with Crippen LogP contribution in [0.5, 0.6) is 5.75 Å². The van der Waals surface area contributed by atoms with Crippen LogP contribution in [-0.2, 0) is 16.1 Å². The fourth-order valence-electron chi connectivity index (χ4n) is 2.82. The summed E-state index contributed by atoms with van der Waals surface area (Å²) in [6.45, 7) is 6.31. The molecule has 2 N–H and O–H groups in total. The zero-order valence-corrected chi connectivity index (χ0v) is 16.8. The van der Waals surface area contributed by atoms with Crippen LogP contribution >= 0.6 is 12.2 Å². The lowest BCUT2D eigenvalue weighted by Crippen LogP contribution is -2.37. The molecule has 2 aromatic carbocycles. The van der Waals surface area contributed by atoms with Gasteiger partial charge in [0.05, 0.1) is 13.2 Å². The molecule has 0 aromatic heterocycles. The maximum atomic E-state index is 12.0. The highest BCUT2D eigenvalue weighted by atomic mass is 32.1. The number of nitrogens with zero attached hydrogens (tertiary/aromatic N) is 1. The van der Waals surface area contributed by atoms with Crippen molar-refractivity contribution in [3.05, 3.63) is 59.7 Å². The van der Waals surface area contributed by atoms with Crippen LogP contribution in [0.3, 0.4) is 0 Å². The van der Waals surface area contributed by atoms with E-state index in [0.717, 1.165) is 44.1 Å². The molecule has 0 bridgehead atoms. The number of anilines is 1. The largest absolute Gasteiger partial charge is 0.484 e. The summed E-state index contributed by atoms with van der Waals surface area (Å²) in [5, 5.41) is 5.89. The molecule has 1 saturated heterocycles. The van der Waals surface area contributed by atoms with Gasteiger partial charge in [0.1, 0.15) is 5.75 Å². The Morgan fingerprint density at radius 3 is 2.46 bits per heavy atom. The first kappa shape index (κ1) is 20.3. The fraction of sp³-hybridized carbons (Fsp3) is 0.333. The normalized spacial score (nSPS) is 14.3. The van der Waals surface area contributed by atoms with Gasteiger partial charge in [-0.25, -0.2) is 0 Å². The van der Waals surface area contributed by atoms with Crippen molar-refractivity contribution in [2.75, 3.05) is 38.2 Å². The van der Waals surface area contributed by atoms with Crippen molar-refractivity contribution < 1.29 is 14.3 Å². The Morgan fingerprint density at radius 1 is 1.11 bits per heavy atom. The van der Waals surface area contributed by atoms with E-state index in [9.17, 15) is 4.79 Å². The van der Waals surface area contributed by atoms with Gasteiger partial charge in [0.2, 0.25) is 0 Å². The lowest BCUT2D eigenvalue weighted by molar-refractivity contribution is -0.121. The van der Waals surface area contributed by atoms with Gasteiger partial charge in [-0.1, -0.05) is 29.8 Å². The van der Waals surface area contributed by atoms with Gasteiger partial charge in [0.25, 0.3) is 5.91 Å². The van der Waals surface area contributed by atoms with Gasteiger partial charge in [0.15, 0.2) is 11.7 Å². The second kappa shape index (κ2) is 10.2. The number of amides is 1. The van der Waals surface area contributed by atoms with E-state index in [-0.39, 0.29) is 17.6 Å². The Hall–Kier alpha value is -2.48. The maximum Gasteiger partial charge on any atom is 0.264 e. The molecule has 7 heteroatoms. The third-order valence-electron chi connectivity index (χ3n) is 4.37. The molecule has 1 aliphatic heterocycles. The van der Waals surface area contributed by atoms with Gasteiger partial charge >= 0.3 is 0 Å². The summed E-state index contributed by atoms with van der Waals surface area (Å²) in [6, 6.07) is 15.6. The number of morpholine rings is 1. The Kier molecular flexibility index (Phi) is 7.36. The Labute approximate surface area is 170 Å². The lowest BCUT2D eigenvalue weighted by atomic mass is 10.2. The van der Waals surface area contributed by atoms with Gasteiger partial charge in [0, 0.05) is 25.3 Å². The van der Waals surface area contributed by atoms with E-state index in [0.29, 0.717) is 5.75 Å². The fourth-order valence-corrected chi connectivity index (χ4v) is 3.05. The highest BCUT2D eigenvalue weighted by Crippen LogP contribution is 2.13. The molecule has 28 heavy (non-hydrogen) atoms. The molecule has 3 rings (SSSR count). The molecule has 0 aliphatic carbocycles. The quantitative estimate of drug-likeness (QED) is 0.729. The number of thiocarbonyl (C=S) groups is 1. The van der Waals surface area contributed by atoms with E-state index < -0.39 is 0 Å². The van der Waals surface area contributed by atoms with Gasteiger partial charge in [-0.05, 0) is 49.0 Å². The number of benzene rings is 2. The van der Waals surface area contributed by atoms with Crippen LogP contribution in [0.2, 0.25) is 0 Å². The van der Waals surface area contributed by atoms with Crippen molar-refractivity contribution in [1.82, 2.24) is 10.2 Å². The molecule has 6 nitrogen and oxygen atoms in total. The molecule has 0 unspecified atom stereocenters. The first-order chi connectivity index (χ1) is 13.6. The van der Waals surface area contributed by atoms with Crippen molar-refractivity contribution in [3.8, 4) is 5.75 Å². The third kappa shape index (κ3) is 6.60. The summed E-state index contributed by atoms with van der Waals surface area (Å²) >= 11 is 5.20. The summed E-state index contributed by atoms with van der Waals surface area (Å²) in [5.41, 5.74) is 3.20. The predicted molar refractivity (Wildman–Crippen MR) is 114 cm³/mol. The molecule has 0 saturated carbocycles. The molecular formula is C21H25N3O3S. The van der Waals surface area contributed by atoms with E-state index in [2.05, 4.69) is 27.7 Å². The van der Waals surface area contributed by atoms with E-state index in [1.807, 2.05) is 43.3 Å². The molecule has 148 valence electrons. The smallest absolute Gasteiger partial charge is 0.264 e. The van der Waals surface area contributed by atoms with Crippen LogP contribution in [0, 0.1) is 6.92 Å². The SMILES string of the molecule is Cc1ccc(OCC(=O)NC(=S)Nc2ccc(CN3CCOCC3)cc2)cc1. The molecule has 1 fully saturated rings. The third-order valence-corrected chi connectivity index (χ3v) is 4.57. The molecule has 0 spiro atoms. The Balaban J connectivity index is 1.41. The number of rotatable bonds is 6. The molecule has 1 aliphatic rings. The van der Waals surface area contributed by atoms with Gasteiger partial charge in [-0.15, -0.1) is 0 Å². The predicted octanol–water partition coefficient (Wildman–Crippen LogP) is 2.72. The molecule has 1 amide bonds. The van der Waals surface area contributed by atoms with Crippen LogP contribution in [0.1, 0.15) is 11.1 Å². The zero-order valence-electron chi connectivity index (χ0n) is 15.9. The van der Waals surface area contributed by atoms with Crippen molar-refractivity contribution >= 4 is 28.9 Å². The van der Waals surface area contributed by atoms with E-state index in [1.54, 1.807) is 0 Å². The monoisotopic (exact) mass is 399 g/mol. The van der Waals surface area contributed by atoms with Gasteiger partial charge < -0.3 is 14.8 Å². The minimum Gasteiger partial charge on any atom is -0.484 e. The molecule has 0 radical (unpaired) electrons. The first-order valence-electron chi connectivity index (χ1n) is 9.28. The van der Waals surface area contributed by atoms with Crippen LogP contribution in [0.25, 0.3) is 0 Å². The second-order valence-electron chi connectivity index (χ2n) is 6.69. The first-order valence-corrected chi connectivity index (χ1v) is 9.69. The van der Waals surface area contributed by atoms with Crippen LogP contribution in [0.4, 0.5) is 5.69 Å². The van der Waals surface area contributed by atoms with E-state index in [1.165, 1.54) is 5.56 Å². The van der Waals surface area contributed by atoms with E-state index in [4.69, 9.17) is 21.7 Å². The molecular weight excluding hydrogens is 374 g/mol. The minimum absolute atomic E-state index is 0.0939. The lowest BCUT2D eigenvalue weighted by Gasteiger charge is -2.26. The number of carbonyl (C=O) groups is 1. The number of hydrogen-bond donors (Lipinski definition) is 2. The van der Waals surface area contributed by atoms with Gasteiger partial charge in [-0.2, -0.15) is 0 Å². The van der Waals surface area contributed by atoms with Crippen LogP contribution < -0.4 is 15.4 Å². The highest BCUT2D eigenvalue weighted by molar-refractivity contribution is 7.80. The van der Waals surface area contributed by atoms with Crippen LogP contribution in [0.15, 0.2) is 48.5 Å². The van der Waals surface area contributed by atoms with Crippen LogP contribution in [-0.4, -0.2) is 48.8 Å². The van der Waals surface area contributed by atoms with Crippen molar-refractivity contribution in [3.63, 3.8) is 0 Å². The number of carbonyl (C=O) groups excluding carboxylic acids is 1. The van der Waals surface area contributed by atoms with Crippen molar-refractivity contribution in [2.45, 2.75) is 13.5 Å². The summed E-state index contributed by atoms with van der Waals surface area (Å²) in [5.74, 6) is 0.345. The number of nitrogens with one attached hydrogen (secondary N) is 2. The Morgan fingerprint density at radius 2 is 1.79 bits per heavy atom. The van der Waals surface area contributed by atoms with Crippen molar-refractivity contribution in [2.24, 2.45) is 0 Å². The highest BCUT2D eigenvalue weighted by Gasteiger charge is 2.11. The number of aryl methyl sites for hydroxylation is 1. The van der Waals surface area contributed by atoms with Crippen molar-refractivity contribution in [1.29, 1.82) is 0 Å². The Bertz CT molecular complexity index is 788. The summed E-state index contributed by atoms with van der Waals surface area (Å²) in [6.07, 6.45) is 0. The van der Waals surface area contributed by atoms with Gasteiger partial charge in [-0.3, -0.25) is 15.0 Å². The maximum absolute atomic E-state index is 12.0. The topological polar surface area (TPSA) is 62.8 Å². The summed E-state index contributed by atoms with van der Waals surface area (Å²) in [7, 11) is 0. The average Bonchev–Trinajstić information content (AvgIpc) is 2.70. The summed E-state index contributed by atoms with van der Waals surface area (Å²) < 4.78 is 10.8. The standard InChI is InChI=1S/C21H25N3O3S/c1-16-2-8-19(9-3-16)27-15-20(25)23-21(28)22-18-6-4-17(5-7-18)14-24-10-12-26-13-11-24/h2-9H,10-15H2,1H3,(H2,22,23,25,28).